The van der Waals surface area contributed by atoms with Gasteiger partial charge in [0.05, 0.1) is 25.7 Å². The van der Waals surface area contributed by atoms with Crippen molar-refractivity contribution in [3.8, 4) is 0 Å². The zero-order chi connectivity index (χ0) is 22.5. The minimum absolute atomic E-state index is 0.0281. The zero-order valence-corrected chi connectivity index (χ0v) is 21.1. The molecule has 0 aromatic heterocycles. The van der Waals surface area contributed by atoms with Gasteiger partial charge in [-0.15, -0.1) is 0 Å². The molecular weight excluding hydrogens is 396 g/mol. The van der Waals surface area contributed by atoms with Crippen LogP contribution in [0.3, 0.4) is 0 Å². The zero-order valence-electron chi connectivity index (χ0n) is 20.1. The van der Waals surface area contributed by atoms with Crippen molar-refractivity contribution in [3.05, 3.63) is 71.8 Å². The van der Waals surface area contributed by atoms with E-state index in [1.165, 1.54) is 17.2 Å². The maximum Gasteiger partial charge on any atom is 0.144 e. The van der Waals surface area contributed by atoms with Gasteiger partial charge in [-0.2, -0.15) is 0 Å². The van der Waals surface area contributed by atoms with Gasteiger partial charge in [-0.1, -0.05) is 100 Å². The monoisotopic (exact) mass is 436 g/mol. The van der Waals surface area contributed by atoms with Crippen molar-refractivity contribution in [2.45, 2.75) is 89.8 Å². The number of ketones is 1. The Kier molecular flexibility index (Phi) is 7.93. The van der Waals surface area contributed by atoms with Crippen LogP contribution in [-0.2, 0) is 9.53 Å². The lowest BCUT2D eigenvalue weighted by molar-refractivity contribution is -0.163. The standard InChI is InChI=1S/C28H40O2Si/c1-6-28(7-2)22(3)30-25(21-26(28)29)19-14-20-31(4,5)27(23-15-10-8-11-16-23)24-17-12-9-13-18-24/h8-13,15-18,22,25,27H,6-7,14,19-21H2,1-5H3/t22-,25+/m0/s1. The van der Waals surface area contributed by atoms with Gasteiger partial charge in [0.25, 0.3) is 0 Å². The molecule has 3 heteroatoms. The van der Waals surface area contributed by atoms with Crippen LogP contribution in [0, 0.1) is 5.41 Å². The normalized spacial score (nSPS) is 21.4. The van der Waals surface area contributed by atoms with Crippen molar-refractivity contribution < 1.29 is 9.53 Å². The summed E-state index contributed by atoms with van der Waals surface area (Å²) in [5.41, 5.74) is 3.07. The smallest absolute Gasteiger partial charge is 0.144 e. The topological polar surface area (TPSA) is 26.3 Å². The lowest BCUT2D eigenvalue weighted by Crippen LogP contribution is -2.49. The van der Waals surface area contributed by atoms with Gasteiger partial charge in [0, 0.05) is 12.0 Å². The van der Waals surface area contributed by atoms with E-state index in [0.717, 1.165) is 25.7 Å². The second-order valence-corrected chi connectivity index (χ2v) is 15.1. The summed E-state index contributed by atoms with van der Waals surface area (Å²) in [6, 6.07) is 23.2. The van der Waals surface area contributed by atoms with E-state index in [1.54, 1.807) is 0 Å². The third kappa shape index (κ3) is 5.20. The first-order valence-corrected chi connectivity index (χ1v) is 15.4. The average molecular weight is 437 g/mol. The van der Waals surface area contributed by atoms with E-state index in [0.29, 0.717) is 17.7 Å². The SMILES string of the molecule is CCC1(CC)C(=O)C[C@@H](CCC[Si](C)(C)C(c2ccccc2)c2ccccc2)O[C@H]1C. The molecule has 0 radical (unpaired) electrons. The van der Waals surface area contributed by atoms with Crippen LogP contribution >= 0.6 is 0 Å². The Labute approximate surface area is 190 Å². The van der Waals surface area contributed by atoms with Gasteiger partial charge >= 0.3 is 0 Å². The average Bonchev–Trinajstić information content (AvgIpc) is 2.76. The van der Waals surface area contributed by atoms with E-state index in [9.17, 15) is 4.79 Å². The molecule has 168 valence electrons. The molecule has 31 heavy (non-hydrogen) atoms. The first-order chi connectivity index (χ1) is 14.8. The number of rotatable bonds is 9. The molecule has 1 aliphatic rings. The molecule has 0 spiro atoms. The summed E-state index contributed by atoms with van der Waals surface area (Å²) in [5.74, 6) is 0.421. The highest BCUT2D eigenvalue weighted by atomic mass is 28.3. The summed E-state index contributed by atoms with van der Waals surface area (Å²) in [6.45, 7) is 11.4. The molecule has 1 saturated heterocycles. The molecule has 0 amide bonds. The van der Waals surface area contributed by atoms with Crippen LogP contribution in [0.25, 0.3) is 0 Å². The number of carbonyl (C=O) groups is 1. The van der Waals surface area contributed by atoms with Gasteiger partial charge < -0.3 is 4.74 Å². The molecule has 0 N–H and O–H groups in total. The van der Waals surface area contributed by atoms with Crippen molar-refractivity contribution >= 4 is 13.9 Å². The van der Waals surface area contributed by atoms with E-state index in [4.69, 9.17) is 4.74 Å². The fourth-order valence-corrected chi connectivity index (χ4v) is 9.40. The lowest BCUT2D eigenvalue weighted by Gasteiger charge is -2.43. The van der Waals surface area contributed by atoms with Crippen molar-refractivity contribution in [2.24, 2.45) is 5.41 Å². The molecule has 1 aliphatic heterocycles. The maximum absolute atomic E-state index is 13.0. The molecule has 2 nitrogen and oxygen atoms in total. The van der Waals surface area contributed by atoms with E-state index in [1.807, 2.05) is 0 Å². The molecule has 2 aromatic carbocycles. The van der Waals surface area contributed by atoms with E-state index >= 15 is 0 Å². The Morgan fingerprint density at radius 1 is 0.968 bits per heavy atom. The maximum atomic E-state index is 13.0. The fourth-order valence-electron chi connectivity index (χ4n) is 5.81. The highest BCUT2D eigenvalue weighted by Gasteiger charge is 2.46. The first-order valence-electron chi connectivity index (χ1n) is 12.1. The third-order valence-corrected chi connectivity index (χ3v) is 11.7. The Bertz CT molecular complexity index is 787. The number of hydrogen-bond donors (Lipinski definition) is 0. The summed E-state index contributed by atoms with van der Waals surface area (Å²) in [4.78, 5) is 13.0. The second kappa shape index (κ2) is 10.3. The number of ether oxygens (including phenoxy) is 1. The molecule has 1 heterocycles. The van der Waals surface area contributed by atoms with E-state index in [-0.39, 0.29) is 17.6 Å². The molecule has 0 aliphatic carbocycles. The van der Waals surface area contributed by atoms with Crippen LogP contribution in [-0.4, -0.2) is 26.1 Å². The molecule has 2 aromatic rings. The van der Waals surface area contributed by atoms with Crippen molar-refractivity contribution in [2.75, 3.05) is 0 Å². The van der Waals surface area contributed by atoms with Crippen LogP contribution in [0.2, 0.25) is 19.1 Å². The Morgan fingerprint density at radius 2 is 1.48 bits per heavy atom. The lowest BCUT2D eigenvalue weighted by atomic mass is 9.70. The summed E-state index contributed by atoms with van der Waals surface area (Å²) >= 11 is 0. The van der Waals surface area contributed by atoms with E-state index < -0.39 is 8.07 Å². The molecule has 0 saturated carbocycles. The number of benzene rings is 2. The van der Waals surface area contributed by atoms with Gasteiger partial charge in [0.15, 0.2) is 0 Å². The largest absolute Gasteiger partial charge is 0.374 e. The summed E-state index contributed by atoms with van der Waals surface area (Å²) in [5, 5.41) is 0. The summed E-state index contributed by atoms with van der Waals surface area (Å²) < 4.78 is 6.39. The van der Waals surface area contributed by atoms with Crippen molar-refractivity contribution in [1.82, 2.24) is 0 Å². The molecule has 0 unspecified atom stereocenters. The van der Waals surface area contributed by atoms with Gasteiger partial charge in [-0.3, -0.25) is 4.79 Å². The molecule has 3 rings (SSSR count). The van der Waals surface area contributed by atoms with Crippen LogP contribution < -0.4 is 0 Å². The highest BCUT2D eigenvalue weighted by molar-refractivity contribution is 6.79. The molecule has 0 bridgehead atoms. The Hall–Kier alpha value is -1.71. The van der Waals surface area contributed by atoms with Crippen LogP contribution in [0.5, 0.6) is 0 Å². The predicted octanol–water partition coefficient (Wildman–Crippen LogP) is 7.40. The van der Waals surface area contributed by atoms with Crippen LogP contribution in [0.1, 0.15) is 69.5 Å². The van der Waals surface area contributed by atoms with Crippen LogP contribution in [0.15, 0.2) is 60.7 Å². The minimum atomic E-state index is -1.62. The van der Waals surface area contributed by atoms with Gasteiger partial charge in [0.2, 0.25) is 0 Å². The van der Waals surface area contributed by atoms with Crippen LogP contribution in [0.4, 0.5) is 0 Å². The van der Waals surface area contributed by atoms with Crippen molar-refractivity contribution in [1.29, 1.82) is 0 Å². The summed E-state index contributed by atoms with van der Waals surface area (Å²) in [6.07, 6.45) is 4.59. The van der Waals surface area contributed by atoms with E-state index in [2.05, 4.69) is 94.5 Å². The van der Waals surface area contributed by atoms with Crippen molar-refractivity contribution in [3.63, 3.8) is 0 Å². The summed E-state index contributed by atoms with van der Waals surface area (Å²) in [7, 11) is -1.62. The Balaban J connectivity index is 1.68. The van der Waals surface area contributed by atoms with Gasteiger partial charge in [-0.05, 0) is 37.3 Å². The quantitative estimate of drug-likeness (QED) is 0.383. The molecule has 2 atom stereocenters. The predicted molar refractivity (Wildman–Crippen MR) is 133 cm³/mol. The first kappa shape index (κ1) is 23.9. The minimum Gasteiger partial charge on any atom is -0.374 e. The third-order valence-electron chi connectivity index (χ3n) is 7.80. The molecule has 1 fully saturated rings. The van der Waals surface area contributed by atoms with Gasteiger partial charge in [-0.25, -0.2) is 0 Å². The number of carbonyl (C=O) groups excluding carboxylic acids is 1. The second-order valence-electron chi connectivity index (χ2n) is 10.0. The highest BCUT2D eigenvalue weighted by Crippen LogP contribution is 2.41. The number of Topliss-reactive ketones (excluding diaryl/α,β-unsaturated/α-hetero) is 1. The Morgan fingerprint density at radius 3 is 1.94 bits per heavy atom. The number of hydrogen-bond acceptors (Lipinski definition) is 2. The van der Waals surface area contributed by atoms with Gasteiger partial charge in [0.1, 0.15) is 5.78 Å². The molecular formula is C28H40O2Si. The fraction of sp³-hybridized carbons (Fsp3) is 0.536.